The SMILES string of the molecule is COc1ccc(CC(C(=O)c2ccc(C)cc2)=C(C(=O)O)c2ccc3nsnc3c2)cc1. The average molecular weight is 445 g/mol. The van der Waals surface area contributed by atoms with Gasteiger partial charge in [0.15, 0.2) is 5.78 Å². The number of carboxylic acid groups (broad SMARTS) is 1. The van der Waals surface area contributed by atoms with Crippen LogP contribution in [0.1, 0.15) is 27.0 Å². The highest BCUT2D eigenvalue weighted by Crippen LogP contribution is 2.28. The first-order valence-corrected chi connectivity index (χ1v) is 10.6. The van der Waals surface area contributed by atoms with Crippen LogP contribution in [0, 0.1) is 6.92 Å². The summed E-state index contributed by atoms with van der Waals surface area (Å²) in [6.45, 7) is 1.93. The first-order valence-electron chi connectivity index (χ1n) is 9.89. The largest absolute Gasteiger partial charge is 0.497 e. The number of hydrogen-bond donors (Lipinski definition) is 1. The molecule has 0 fully saturated rings. The minimum atomic E-state index is -1.17. The third-order valence-electron chi connectivity index (χ3n) is 5.19. The maximum atomic E-state index is 13.5. The summed E-state index contributed by atoms with van der Waals surface area (Å²) in [6, 6.07) is 19.4. The Balaban J connectivity index is 1.88. The van der Waals surface area contributed by atoms with Crippen LogP contribution in [0.25, 0.3) is 16.6 Å². The van der Waals surface area contributed by atoms with E-state index in [0.29, 0.717) is 27.9 Å². The molecule has 3 aromatic carbocycles. The van der Waals surface area contributed by atoms with Crippen LogP contribution >= 0.6 is 11.7 Å². The van der Waals surface area contributed by atoms with Crippen LogP contribution in [0.5, 0.6) is 5.75 Å². The maximum absolute atomic E-state index is 13.5. The Morgan fingerprint density at radius 3 is 2.22 bits per heavy atom. The van der Waals surface area contributed by atoms with Crippen LogP contribution in [0.4, 0.5) is 0 Å². The molecule has 0 aliphatic heterocycles. The summed E-state index contributed by atoms with van der Waals surface area (Å²) in [7, 11) is 1.58. The van der Waals surface area contributed by atoms with Gasteiger partial charge in [-0.05, 0) is 42.3 Å². The van der Waals surface area contributed by atoms with Gasteiger partial charge in [0.1, 0.15) is 16.8 Å². The number of benzene rings is 3. The minimum Gasteiger partial charge on any atom is -0.497 e. The Hall–Kier alpha value is -3.84. The van der Waals surface area contributed by atoms with Crippen molar-refractivity contribution in [2.24, 2.45) is 0 Å². The van der Waals surface area contributed by atoms with Gasteiger partial charge < -0.3 is 9.84 Å². The van der Waals surface area contributed by atoms with E-state index in [1.165, 1.54) is 0 Å². The molecule has 0 saturated heterocycles. The van der Waals surface area contributed by atoms with Crippen molar-refractivity contribution < 1.29 is 19.4 Å². The van der Waals surface area contributed by atoms with Crippen LogP contribution in [0.3, 0.4) is 0 Å². The first-order chi connectivity index (χ1) is 15.5. The molecule has 0 aliphatic rings. The maximum Gasteiger partial charge on any atom is 0.336 e. The number of Topliss-reactive ketones (excluding diaryl/α,β-unsaturated/α-hetero) is 1. The molecular weight excluding hydrogens is 424 g/mol. The summed E-state index contributed by atoms with van der Waals surface area (Å²) >= 11 is 1.06. The van der Waals surface area contributed by atoms with Gasteiger partial charge in [-0.15, -0.1) is 0 Å². The monoisotopic (exact) mass is 444 g/mol. The van der Waals surface area contributed by atoms with E-state index < -0.39 is 5.97 Å². The number of fused-ring (bicyclic) bond motifs is 1. The fourth-order valence-corrected chi connectivity index (χ4v) is 3.99. The number of hydrogen-bond acceptors (Lipinski definition) is 6. The first kappa shape index (κ1) is 21.4. The number of rotatable bonds is 7. The van der Waals surface area contributed by atoms with Crippen LogP contribution in [0.2, 0.25) is 0 Å². The zero-order chi connectivity index (χ0) is 22.7. The smallest absolute Gasteiger partial charge is 0.336 e. The van der Waals surface area contributed by atoms with Gasteiger partial charge >= 0.3 is 5.97 Å². The number of allylic oxidation sites excluding steroid dienone is 1. The zero-order valence-corrected chi connectivity index (χ0v) is 18.3. The number of nitrogens with zero attached hydrogens (tertiary/aromatic N) is 2. The molecule has 0 aliphatic carbocycles. The number of aliphatic carboxylic acids is 1. The Morgan fingerprint density at radius 1 is 0.906 bits per heavy atom. The fourth-order valence-electron chi connectivity index (χ4n) is 3.47. The highest BCUT2D eigenvalue weighted by Gasteiger charge is 2.24. The molecule has 160 valence electrons. The lowest BCUT2D eigenvalue weighted by Gasteiger charge is -2.14. The second-order valence-corrected chi connectivity index (χ2v) is 7.87. The van der Waals surface area contributed by atoms with Crippen molar-refractivity contribution in [1.29, 1.82) is 0 Å². The number of carbonyl (C=O) groups excluding carboxylic acids is 1. The average Bonchev–Trinajstić information content (AvgIpc) is 3.27. The number of methoxy groups -OCH3 is 1. The quantitative estimate of drug-likeness (QED) is 0.320. The zero-order valence-electron chi connectivity index (χ0n) is 17.5. The summed E-state index contributed by atoms with van der Waals surface area (Å²) in [6.07, 6.45) is 0.158. The molecule has 0 unspecified atom stereocenters. The number of ketones is 1. The van der Waals surface area contributed by atoms with Crippen molar-refractivity contribution in [3.8, 4) is 5.75 Å². The molecule has 0 spiro atoms. The molecule has 0 radical (unpaired) electrons. The Labute approximate surface area is 189 Å². The number of aromatic nitrogens is 2. The molecule has 0 saturated carbocycles. The van der Waals surface area contributed by atoms with E-state index in [4.69, 9.17) is 4.74 Å². The third kappa shape index (κ3) is 4.43. The van der Waals surface area contributed by atoms with Gasteiger partial charge in [-0.2, -0.15) is 8.75 Å². The van der Waals surface area contributed by atoms with Crippen LogP contribution in [-0.2, 0) is 11.2 Å². The summed E-state index contributed by atoms with van der Waals surface area (Å²) in [4.78, 5) is 26.0. The van der Waals surface area contributed by atoms with E-state index >= 15 is 0 Å². The van der Waals surface area contributed by atoms with Gasteiger partial charge in [0.2, 0.25) is 0 Å². The molecule has 4 rings (SSSR count). The van der Waals surface area contributed by atoms with Crippen molar-refractivity contribution in [3.63, 3.8) is 0 Å². The van der Waals surface area contributed by atoms with E-state index in [1.807, 2.05) is 31.2 Å². The van der Waals surface area contributed by atoms with Crippen LogP contribution < -0.4 is 4.74 Å². The predicted molar refractivity (Wildman–Crippen MR) is 124 cm³/mol. The van der Waals surface area contributed by atoms with Crippen molar-refractivity contribution >= 4 is 40.1 Å². The number of carbonyl (C=O) groups is 2. The molecule has 0 bridgehead atoms. The predicted octanol–water partition coefficient (Wildman–Crippen LogP) is 4.97. The molecule has 32 heavy (non-hydrogen) atoms. The van der Waals surface area contributed by atoms with Crippen molar-refractivity contribution in [2.75, 3.05) is 7.11 Å². The van der Waals surface area contributed by atoms with Gasteiger partial charge in [-0.3, -0.25) is 4.79 Å². The molecule has 4 aromatic rings. The molecule has 1 aromatic heterocycles. The molecule has 6 nitrogen and oxygen atoms in total. The van der Waals surface area contributed by atoms with E-state index in [1.54, 1.807) is 49.6 Å². The fraction of sp³-hybridized carbons (Fsp3) is 0.120. The summed E-state index contributed by atoms with van der Waals surface area (Å²) in [5.74, 6) is -0.810. The molecule has 1 N–H and O–H groups in total. The van der Waals surface area contributed by atoms with Gasteiger partial charge in [-0.25, -0.2) is 4.79 Å². The second kappa shape index (κ2) is 9.11. The van der Waals surface area contributed by atoms with Gasteiger partial charge in [0, 0.05) is 17.6 Å². The van der Waals surface area contributed by atoms with Crippen molar-refractivity contribution in [2.45, 2.75) is 13.3 Å². The Morgan fingerprint density at radius 2 is 1.56 bits per heavy atom. The van der Waals surface area contributed by atoms with Crippen LogP contribution in [0.15, 0.2) is 72.3 Å². The number of ether oxygens (including phenoxy) is 1. The topological polar surface area (TPSA) is 89.4 Å². The van der Waals surface area contributed by atoms with Crippen LogP contribution in [-0.4, -0.2) is 32.7 Å². The summed E-state index contributed by atoms with van der Waals surface area (Å²) in [5, 5.41) is 10.2. The third-order valence-corrected chi connectivity index (χ3v) is 5.74. The number of aryl methyl sites for hydroxylation is 1. The van der Waals surface area contributed by atoms with E-state index in [-0.39, 0.29) is 23.4 Å². The minimum absolute atomic E-state index is 0.0405. The lowest BCUT2D eigenvalue weighted by atomic mass is 9.89. The van der Waals surface area contributed by atoms with E-state index in [9.17, 15) is 14.7 Å². The lowest BCUT2D eigenvalue weighted by Crippen LogP contribution is -2.14. The van der Waals surface area contributed by atoms with Gasteiger partial charge in [0.05, 0.1) is 24.4 Å². The highest BCUT2D eigenvalue weighted by atomic mass is 32.1. The van der Waals surface area contributed by atoms with E-state index in [0.717, 1.165) is 22.9 Å². The van der Waals surface area contributed by atoms with Crippen molar-refractivity contribution in [3.05, 3.63) is 94.6 Å². The van der Waals surface area contributed by atoms with Gasteiger partial charge in [-0.1, -0.05) is 48.0 Å². The number of carboxylic acids is 1. The molecule has 0 amide bonds. The highest BCUT2D eigenvalue weighted by molar-refractivity contribution is 7.00. The van der Waals surface area contributed by atoms with Gasteiger partial charge in [0.25, 0.3) is 0 Å². The van der Waals surface area contributed by atoms with Crippen molar-refractivity contribution in [1.82, 2.24) is 8.75 Å². The molecule has 0 atom stereocenters. The normalized spacial score (nSPS) is 11.8. The summed E-state index contributed by atoms with van der Waals surface area (Å²) in [5.41, 5.74) is 4.12. The molecule has 7 heteroatoms. The Bertz CT molecular complexity index is 1320. The molecule has 1 heterocycles. The molecular formula is C25H20N2O4S. The van der Waals surface area contributed by atoms with E-state index in [2.05, 4.69) is 8.75 Å². The standard InChI is InChI=1S/C25H20N2O4S/c1-15-3-7-17(8-4-15)24(28)20(13-16-5-10-19(31-2)11-6-16)23(25(29)30)18-9-12-21-22(14-18)27-32-26-21/h3-12,14H,13H2,1-2H3,(H,29,30). The second-order valence-electron chi connectivity index (χ2n) is 7.35. The Kier molecular flexibility index (Phi) is 6.09. The summed E-state index contributed by atoms with van der Waals surface area (Å²) < 4.78 is 13.6. The lowest BCUT2D eigenvalue weighted by molar-refractivity contribution is -0.130.